The Morgan fingerprint density at radius 1 is 1.69 bits per heavy atom. The first-order chi connectivity index (χ1) is 5.89. The largest absolute Gasteiger partial charge is 0.318 e. The van der Waals surface area contributed by atoms with Gasteiger partial charge in [-0.3, -0.25) is 4.79 Å². The van der Waals surface area contributed by atoms with E-state index in [0.717, 1.165) is 5.69 Å². The number of nitrogens with zero attached hydrogens (tertiary/aromatic N) is 1. The summed E-state index contributed by atoms with van der Waals surface area (Å²) in [6, 6.07) is 0. The fourth-order valence-corrected chi connectivity index (χ4v) is 1.35. The van der Waals surface area contributed by atoms with Crippen LogP contribution in [0.2, 0.25) is 0 Å². The third-order valence-electron chi connectivity index (χ3n) is 1.42. The topological polar surface area (TPSA) is 68.0 Å². The summed E-state index contributed by atoms with van der Waals surface area (Å²) in [6.07, 6.45) is 0. The number of anilines is 1. The fourth-order valence-electron chi connectivity index (χ4n) is 0.670. The van der Waals surface area contributed by atoms with Gasteiger partial charge in [0.25, 0.3) is 0 Å². The molecule has 0 saturated carbocycles. The smallest absolute Gasteiger partial charge is 0.245 e. The van der Waals surface area contributed by atoms with Crippen LogP contribution in [0.1, 0.15) is 19.5 Å². The fraction of sp³-hybridized carbons (Fsp3) is 0.500. The molecule has 0 aliphatic carbocycles. The molecular formula is C8H13N3OS. The van der Waals surface area contributed by atoms with Gasteiger partial charge in [-0.1, -0.05) is 0 Å². The Bertz CT molecular complexity index is 313. The maximum atomic E-state index is 11.4. The number of nitrogens with two attached hydrogens (primary N) is 1. The highest BCUT2D eigenvalue weighted by Gasteiger charge is 2.22. The Labute approximate surface area is 81.2 Å². The highest BCUT2D eigenvalue weighted by atomic mass is 32.1. The zero-order valence-electron chi connectivity index (χ0n) is 7.92. The predicted molar refractivity (Wildman–Crippen MR) is 53.7 cm³/mol. The van der Waals surface area contributed by atoms with E-state index >= 15 is 0 Å². The van der Waals surface area contributed by atoms with Crippen LogP contribution in [0.5, 0.6) is 0 Å². The van der Waals surface area contributed by atoms with Gasteiger partial charge in [0.15, 0.2) is 5.13 Å². The van der Waals surface area contributed by atoms with Gasteiger partial charge in [0.2, 0.25) is 5.91 Å². The summed E-state index contributed by atoms with van der Waals surface area (Å²) in [5.41, 5.74) is 5.64. The molecule has 1 amide bonds. The van der Waals surface area contributed by atoms with Crippen LogP contribution in [0.3, 0.4) is 0 Å². The molecule has 3 N–H and O–H groups in total. The molecule has 0 unspecified atom stereocenters. The van der Waals surface area contributed by atoms with Gasteiger partial charge in [-0.15, -0.1) is 11.3 Å². The Morgan fingerprint density at radius 3 is 2.69 bits per heavy atom. The number of rotatable bonds is 2. The number of nitrogens with one attached hydrogen (secondary N) is 1. The molecule has 4 nitrogen and oxygen atoms in total. The van der Waals surface area contributed by atoms with Crippen molar-refractivity contribution >= 4 is 22.4 Å². The Hall–Kier alpha value is -0.940. The van der Waals surface area contributed by atoms with E-state index in [1.54, 1.807) is 13.8 Å². The minimum atomic E-state index is -0.862. The van der Waals surface area contributed by atoms with Gasteiger partial charge in [0.05, 0.1) is 11.2 Å². The average molecular weight is 199 g/mol. The molecule has 0 radical (unpaired) electrons. The molecule has 1 aromatic heterocycles. The molecule has 5 heteroatoms. The van der Waals surface area contributed by atoms with Crippen LogP contribution in [0.4, 0.5) is 5.13 Å². The monoisotopic (exact) mass is 199 g/mol. The van der Waals surface area contributed by atoms with Crippen molar-refractivity contribution in [1.29, 1.82) is 0 Å². The van der Waals surface area contributed by atoms with Crippen molar-refractivity contribution in [2.45, 2.75) is 26.3 Å². The number of carbonyl (C=O) groups is 1. The van der Waals surface area contributed by atoms with Crippen molar-refractivity contribution < 1.29 is 4.79 Å². The lowest BCUT2D eigenvalue weighted by Crippen LogP contribution is -2.45. The van der Waals surface area contributed by atoms with Gasteiger partial charge in [-0.05, 0) is 20.8 Å². The van der Waals surface area contributed by atoms with Crippen molar-refractivity contribution in [3.8, 4) is 0 Å². The molecule has 13 heavy (non-hydrogen) atoms. The number of thiazole rings is 1. The Morgan fingerprint density at radius 2 is 2.31 bits per heavy atom. The normalized spacial score (nSPS) is 11.4. The molecule has 72 valence electrons. The minimum Gasteiger partial charge on any atom is -0.318 e. The molecule has 0 aliphatic heterocycles. The SMILES string of the molecule is Cc1csc(NC(=O)C(C)(C)N)n1. The van der Waals surface area contributed by atoms with E-state index in [2.05, 4.69) is 10.3 Å². The number of carbonyl (C=O) groups excluding carboxylic acids is 1. The summed E-state index contributed by atoms with van der Waals surface area (Å²) >= 11 is 1.40. The third-order valence-corrected chi connectivity index (χ3v) is 2.30. The summed E-state index contributed by atoms with van der Waals surface area (Å²) < 4.78 is 0. The lowest BCUT2D eigenvalue weighted by atomic mass is 10.1. The first-order valence-electron chi connectivity index (χ1n) is 3.92. The van der Waals surface area contributed by atoms with E-state index in [0.29, 0.717) is 5.13 Å². The molecule has 0 bridgehead atoms. The van der Waals surface area contributed by atoms with E-state index in [1.165, 1.54) is 11.3 Å². The molecule has 0 aliphatic rings. The average Bonchev–Trinajstić information content (AvgIpc) is 2.33. The van der Waals surface area contributed by atoms with Crippen molar-refractivity contribution in [3.63, 3.8) is 0 Å². The highest BCUT2D eigenvalue weighted by Crippen LogP contribution is 2.15. The van der Waals surface area contributed by atoms with E-state index in [1.807, 2.05) is 12.3 Å². The van der Waals surface area contributed by atoms with Crippen LogP contribution in [0, 0.1) is 6.92 Å². The summed E-state index contributed by atoms with van der Waals surface area (Å²) in [7, 11) is 0. The second kappa shape index (κ2) is 3.43. The predicted octanol–water partition coefficient (Wildman–Crippen LogP) is 1.13. The molecule has 1 aromatic rings. The second-order valence-electron chi connectivity index (χ2n) is 3.47. The van der Waals surface area contributed by atoms with Crippen molar-refractivity contribution in [2.24, 2.45) is 5.73 Å². The van der Waals surface area contributed by atoms with Crippen LogP contribution in [-0.2, 0) is 4.79 Å². The van der Waals surface area contributed by atoms with Crippen LogP contribution in [0.25, 0.3) is 0 Å². The van der Waals surface area contributed by atoms with E-state index in [-0.39, 0.29) is 5.91 Å². The standard InChI is InChI=1S/C8H13N3OS/c1-5-4-13-7(10-5)11-6(12)8(2,3)9/h4H,9H2,1-3H3,(H,10,11,12). The lowest BCUT2D eigenvalue weighted by molar-refractivity contribution is -0.120. The van der Waals surface area contributed by atoms with E-state index in [9.17, 15) is 4.79 Å². The van der Waals surface area contributed by atoms with Crippen LogP contribution in [0.15, 0.2) is 5.38 Å². The third kappa shape index (κ3) is 2.78. The minimum absolute atomic E-state index is 0.221. The highest BCUT2D eigenvalue weighted by molar-refractivity contribution is 7.13. The lowest BCUT2D eigenvalue weighted by Gasteiger charge is -2.16. The summed E-state index contributed by atoms with van der Waals surface area (Å²) in [5, 5.41) is 5.12. The molecule has 0 atom stereocenters. The van der Waals surface area contributed by atoms with E-state index in [4.69, 9.17) is 5.73 Å². The van der Waals surface area contributed by atoms with Crippen molar-refractivity contribution in [3.05, 3.63) is 11.1 Å². The zero-order chi connectivity index (χ0) is 10.1. The van der Waals surface area contributed by atoms with E-state index < -0.39 is 5.54 Å². The second-order valence-corrected chi connectivity index (χ2v) is 4.33. The first-order valence-corrected chi connectivity index (χ1v) is 4.80. The number of aromatic nitrogens is 1. The van der Waals surface area contributed by atoms with Crippen LogP contribution in [-0.4, -0.2) is 16.4 Å². The Kier molecular flexibility index (Phi) is 2.68. The molecule has 1 rings (SSSR count). The molecule has 0 aromatic carbocycles. The summed E-state index contributed by atoms with van der Waals surface area (Å²) in [6.45, 7) is 5.19. The summed E-state index contributed by atoms with van der Waals surface area (Å²) in [4.78, 5) is 15.5. The van der Waals surface area contributed by atoms with Gasteiger partial charge in [0, 0.05) is 5.38 Å². The van der Waals surface area contributed by atoms with Gasteiger partial charge in [-0.2, -0.15) is 0 Å². The van der Waals surface area contributed by atoms with Gasteiger partial charge < -0.3 is 11.1 Å². The summed E-state index contributed by atoms with van der Waals surface area (Å²) in [5.74, 6) is -0.221. The van der Waals surface area contributed by atoms with Gasteiger partial charge >= 0.3 is 0 Å². The zero-order valence-corrected chi connectivity index (χ0v) is 8.73. The first kappa shape index (κ1) is 10.1. The molecule has 1 heterocycles. The number of hydrogen-bond acceptors (Lipinski definition) is 4. The molecular weight excluding hydrogens is 186 g/mol. The van der Waals surface area contributed by atoms with Crippen molar-refractivity contribution in [1.82, 2.24) is 4.98 Å². The number of amides is 1. The quantitative estimate of drug-likeness (QED) is 0.750. The van der Waals surface area contributed by atoms with Gasteiger partial charge in [0.1, 0.15) is 0 Å². The van der Waals surface area contributed by atoms with Crippen LogP contribution >= 0.6 is 11.3 Å². The molecule has 0 spiro atoms. The number of aryl methyl sites for hydroxylation is 1. The number of hydrogen-bond donors (Lipinski definition) is 2. The van der Waals surface area contributed by atoms with Gasteiger partial charge in [-0.25, -0.2) is 4.98 Å². The molecule has 0 fully saturated rings. The van der Waals surface area contributed by atoms with Crippen LogP contribution < -0.4 is 11.1 Å². The maximum absolute atomic E-state index is 11.4. The maximum Gasteiger partial charge on any atom is 0.245 e. The van der Waals surface area contributed by atoms with Crippen molar-refractivity contribution in [2.75, 3.05) is 5.32 Å². The molecule has 0 saturated heterocycles. The Balaban J connectivity index is 2.65.